The molecule has 0 aromatic rings. The van der Waals surface area contributed by atoms with Crippen LogP contribution in [0.1, 0.15) is 316 Å². The zero-order valence-corrected chi connectivity index (χ0v) is 43.7. The molecule has 3 N–H and O–H groups in total. The van der Waals surface area contributed by atoms with Gasteiger partial charge >= 0.3 is 5.97 Å². The van der Waals surface area contributed by atoms with Crippen molar-refractivity contribution in [2.75, 3.05) is 13.2 Å². The Morgan fingerprint density at radius 2 is 0.723 bits per heavy atom. The number of aliphatic hydroxyl groups is 2. The predicted octanol–water partition coefficient (Wildman–Crippen LogP) is 17.9. The minimum Gasteiger partial charge on any atom is -0.466 e. The summed E-state index contributed by atoms with van der Waals surface area (Å²) >= 11 is 0. The molecule has 384 valence electrons. The first-order chi connectivity index (χ1) is 32.0. The van der Waals surface area contributed by atoms with Crippen LogP contribution in [0, 0.1) is 0 Å². The Labute approximate surface area is 405 Å². The van der Waals surface area contributed by atoms with Gasteiger partial charge < -0.3 is 20.3 Å². The molecule has 0 saturated heterocycles. The number of carbonyl (C=O) groups is 2. The lowest BCUT2D eigenvalue weighted by atomic mass is 10.0. The molecule has 0 radical (unpaired) electrons. The van der Waals surface area contributed by atoms with Crippen LogP contribution in [0.4, 0.5) is 0 Å². The molecular weight excluding hydrogens is 803 g/mol. The molecule has 0 spiro atoms. The first-order valence-electron chi connectivity index (χ1n) is 29.1. The normalized spacial score (nSPS) is 12.7. The van der Waals surface area contributed by atoms with E-state index in [1.54, 1.807) is 0 Å². The smallest absolute Gasteiger partial charge is 0.305 e. The molecule has 0 rings (SSSR count). The number of aliphatic hydroxyl groups excluding tert-OH is 2. The maximum Gasteiger partial charge on any atom is 0.305 e. The van der Waals surface area contributed by atoms with Crippen LogP contribution in [0.15, 0.2) is 24.3 Å². The second-order valence-corrected chi connectivity index (χ2v) is 20.0. The minimum absolute atomic E-state index is 0.00106. The van der Waals surface area contributed by atoms with Gasteiger partial charge in [0.25, 0.3) is 0 Å². The van der Waals surface area contributed by atoms with E-state index in [1.165, 1.54) is 238 Å². The number of hydrogen-bond donors (Lipinski definition) is 3. The van der Waals surface area contributed by atoms with Gasteiger partial charge in [0.2, 0.25) is 5.91 Å². The van der Waals surface area contributed by atoms with E-state index in [4.69, 9.17) is 4.74 Å². The number of allylic oxidation sites excluding steroid dienone is 4. The first-order valence-corrected chi connectivity index (χ1v) is 29.1. The summed E-state index contributed by atoms with van der Waals surface area (Å²) in [5.74, 6) is -0.0448. The molecule has 0 fully saturated rings. The highest BCUT2D eigenvalue weighted by Gasteiger charge is 2.20. The van der Waals surface area contributed by atoms with Crippen molar-refractivity contribution in [3.8, 4) is 0 Å². The Morgan fingerprint density at radius 3 is 1.09 bits per heavy atom. The molecule has 2 unspecified atom stereocenters. The quantitative estimate of drug-likeness (QED) is 0.0321. The molecule has 0 aliphatic heterocycles. The van der Waals surface area contributed by atoms with Crippen molar-refractivity contribution in [1.29, 1.82) is 0 Å². The van der Waals surface area contributed by atoms with Crippen LogP contribution in [0.25, 0.3) is 0 Å². The Hall–Kier alpha value is -1.66. The lowest BCUT2D eigenvalue weighted by molar-refractivity contribution is -0.143. The lowest BCUT2D eigenvalue weighted by Gasteiger charge is -2.22. The maximum absolute atomic E-state index is 12.4. The highest BCUT2D eigenvalue weighted by molar-refractivity contribution is 5.76. The molecule has 65 heavy (non-hydrogen) atoms. The topological polar surface area (TPSA) is 95.9 Å². The SMILES string of the molecule is CCCCCCCCC/C=C\CCCCCCCC(=O)OCCCCCCCCCCC/C=C\CCCCCCCCCC(=O)NC(CO)C(O)CCCCCCCCCCCCCC. The fourth-order valence-electron chi connectivity index (χ4n) is 8.98. The summed E-state index contributed by atoms with van der Waals surface area (Å²) in [7, 11) is 0. The molecular formula is C59H113NO5. The van der Waals surface area contributed by atoms with Crippen molar-refractivity contribution in [3.63, 3.8) is 0 Å². The number of esters is 1. The van der Waals surface area contributed by atoms with Gasteiger partial charge in [-0.25, -0.2) is 0 Å². The first kappa shape index (κ1) is 63.3. The van der Waals surface area contributed by atoms with Crippen LogP contribution in [0.5, 0.6) is 0 Å². The second kappa shape index (κ2) is 54.9. The summed E-state index contributed by atoms with van der Waals surface area (Å²) in [4.78, 5) is 24.5. The van der Waals surface area contributed by atoms with Gasteiger partial charge in [-0.3, -0.25) is 9.59 Å². The van der Waals surface area contributed by atoms with Gasteiger partial charge in [0.05, 0.1) is 25.4 Å². The molecule has 0 bridgehead atoms. The van der Waals surface area contributed by atoms with Gasteiger partial charge in [0.1, 0.15) is 0 Å². The van der Waals surface area contributed by atoms with Crippen molar-refractivity contribution in [3.05, 3.63) is 24.3 Å². The summed E-state index contributed by atoms with van der Waals surface area (Å²) in [5, 5.41) is 23.2. The van der Waals surface area contributed by atoms with Crippen LogP contribution < -0.4 is 5.32 Å². The molecule has 2 atom stereocenters. The van der Waals surface area contributed by atoms with Crippen LogP contribution in [0.3, 0.4) is 0 Å². The number of rotatable bonds is 54. The lowest BCUT2D eigenvalue weighted by Crippen LogP contribution is -2.45. The number of nitrogens with one attached hydrogen (secondary N) is 1. The van der Waals surface area contributed by atoms with Crippen LogP contribution in [0.2, 0.25) is 0 Å². The molecule has 0 aromatic carbocycles. The Balaban J connectivity index is 3.42. The Kier molecular flexibility index (Phi) is 53.5. The summed E-state index contributed by atoms with van der Waals surface area (Å²) in [6.07, 6.45) is 66.0. The largest absolute Gasteiger partial charge is 0.466 e. The Morgan fingerprint density at radius 1 is 0.415 bits per heavy atom. The summed E-state index contributed by atoms with van der Waals surface area (Å²) in [6.45, 7) is 4.94. The Bertz CT molecular complexity index is 1010. The molecule has 0 aliphatic carbocycles. The second-order valence-electron chi connectivity index (χ2n) is 20.0. The van der Waals surface area contributed by atoms with E-state index in [1.807, 2.05) is 0 Å². The average Bonchev–Trinajstić information content (AvgIpc) is 3.31. The molecule has 1 amide bonds. The van der Waals surface area contributed by atoms with Gasteiger partial charge in [0.15, 0.2) is 0 Å². The van der Waals surface area contributed by atoms with Gasteiger partial charge in [-0.15, -0.1) is 0 Å². The molecule has 0 aliphatic rings. The third kappa shape index (κ3) is 51.6. The molecule has 6 nitrogen and oxygen atoms in total. The molecule has 0 heterocycles. The monoisotopic (exact) mass is 916 g/mol. The van der Waals surface area contributed by atoms with Crippen LogP contribution >= 0.6 is 0 Å². The number of amides is 1. The van der Waals surface area contributed by atoms with E-state index < -0.39 is 12.1 Å². The number of hydrogen-bond acceptors (Lipinski definition) is 5. The highest BCUT2D eigenvalue weighted by Crippen LogP contribution is 2.17. The van der Waals surface area contributed by atoms with Crippen molar-refractivity contribution in [2.45, 2.75) is 328 Å². The van der Waals surface area contributed by atoms with Crippen LogP contribution in [-0.4, -0.2) is 47.4 Å². The third-order valence-corrected chi connectivity index (χ3v) is 13.5. The zero-order valence-electron chi connectivity index (χ0n) is 43.7. The molecule has 0 aromatic heterocycles. The molecule has 6 heteroatoms. The maximum atomic E-state index is 12.4. The number of unbranched alkanes of at least 4 members (excludes halogenated alkanes) is 39. The summed E-state index contributed by atoms with van der Waals surface area (Å²) in [6, 6.07) is -0.547. The highest BCUT2D eigenvalue weighted by atomic mass is 16.5. The summed E-state index contributed by atoms with van der Waals surface area (Å²) in [5.41, 5.74) is 0. The standard InChI is InChI=1S/C59H113NO5/c1-3-5-7-9-11-13-15-17-18-26-29-33-37-41-45-49-53-59(64)65-54-50-46-42-38-34-30-27-24-22-20-19-21-23-25-28-32-36-40-44-48-52-58(63)60-56(55-61)57(62)51-47-43-39-35-31-16-14-12-10-8-6-4-2/h18-19,21,26,56-57,61-62H,3-17,20,22-25,27-55H2,1-2H3,(H,60,63)/b21-19-,26-18-. The van der Waals surface area contributed by atoms with E-state index in [0.717, 1.165) is 44.9 Å². The van der Waals surface area contributed by atoms with E-state index in [2.05, 4.69) is 43.5 Å². The van der Waals surface area contributed by atoms with E-state index >= 15 is 0 Å². The third-order valence-electron chi connectivity index (χ3n) is 13.5. The number of carbonyl (C=O) groups excluding carboxylic acids is 2. The van der Waals surface area contributed by atoms with Crippen molar-refractivity contribution in [1.82, 2.24) is 5.32 Å². The van der Waals surface area contributed by atoms with E-state index in [9.17, 15) is 19.8 Å². The summed E-state index contributed by atoms with van der Waals surface area (Å²) < 4.78 is 5.48. The predicted molar refractivity (Wildman–Crippen MR) is 283 cm³/mol. The van der Waals surface area contributed by atoms with E-state index in [-0.39, 0.29) is 18.5 Å². The van der Waals surface area contributed by atoms with E-state index in [0.29, 0.717) is 25.9 Å². The fraction of sp³-hybridized carbons (Fsp3) is 0.898. The van der Waals surface area contributed by atoms with Crippen molar-refractivity contribution < 1.29 is 24.5 Å². The molecule has 0 saturated carbocycles. The zero-order chi connectivity index (χ0) is 47.2. The van der Waals surface area contributed by atoms with Gasteiger partial charge in [-0.05, 0) is 77.0 Å². The van der Waals surface area contributed by atoms with Crippen molar-refractivity contribution >= 4 is 11.9 Å². The van der Waals surface area contributed by atoms with Crippen molar-refractivity contribution in [2.24, 2.45) is 0 Å². The fourth-order valence-corrected chi connectivity index (χ4v) is 8.98. The average molecular weight is 917 g/mol. The number of ether oxygens (including phenoxy) is 1. The van der Waals surface area contributed by atoms with Gasteiger partial charge in [-0.1, -0.05) is 250 Å². The van der Waals surface area contributed by atoms with Crippen LogP contribution in [-0.2, 0) is 14.3 Å². The van der Waals surface area contributed by atoms with Gasteiger partial charge in [0, 0.05) is 12.8 Å². The van der Waals surface area contributed by atoms with Gasteiger partial charge in [-0.2, -0.15) is 0 Å². The minimum atomic E-state index is -0.668.